The van der Waals surface area contributed by atoms with Gasteiger partial charge in [0.15, 0.2) is 23.1 Å². The van der Waals surface area contributed by atoms with Crippen molar-refractivity contribution in [2.75, 3.05) is 0 Å². The van der Waals surface area contributed by atoms with Crippen molar-refractivity contribution in [1.82, 2.24) is 24.5 Å². The number of nitrogens with zero attached hydrogens (tertiary/aromatic N) is 5. The fourth-order valence-electron chi connectivity index (χ4n) is 6.15. The molecule has 0 aliphatic heterocycles. The van der Waals surface area contributed by atoms with Crippen LogP contribution >= 0.6 is 0 Å². The van der Waals surface area contributed by atoms with E-state index in [1.165, 1.54) is 5.39 Å². The van der Waals surface area contributed by atoms with Crippen LogP contribution in [0.5, 0.6) is 0 Å². The lowest BCUT2D eigenvalue weighted by Gasteiger charge is -2.08. The van der Waals surface area contributed by atoms with Gasteiger partial charge in [0.2, 0.25) is 0 Å². The highest BCUT2D eigenvalue weighted by molar-refractivity contribution is 6.22. The quantitative estimate of drug-likeness (QED) is 0.213. The summed E-state index contributed by atoms with van der Waals surface area (Å²) < 4.78 is 9.19. The number of hydrogen-bond donors (Lipinski definition) is 0. The second-order valence-electron chi connectivity index (χ2n) is 10.7. The third-order valence-electron chi connectivity index (χ3n) is 8.12. The van der Waals surface area contributed by atoms with Crippen LogP contribution in [-0.4, -0.2) is 24.5 Å². The van der Waals surface area contributed by atoms with Crippen LogP contribution in [-0.2, 0) is 0 Å². The van der Waals surface area contributed by atoms with Gasteiger partial charge in [0.1, 0.15) is 11.3 Å². The molecule has 0 aliphatic rings. The molecule has 44 heavy (non-hydrogen) atoms. The number of aromatic nitrogens is 5. The molecule has 5 aromatic carbocycles. The van der Waals surface area contributed by atoms with Crippen LogP contribution in [0.1, 0.15) is 0 Å². The van der Waals surface area contributed by atoms with E-state index < -0.39 is 0 Å². The molecule has 0 saturated carbocycles. The summed E-state index contributed by atoms with van der Waals surface area (Å²) in [6.07, 6.45) is 1.75. The van der Waals surface area contributed by atoms with Crippen molar-refractivity contribution in [3.63, 3.8) is 0 Å². The molecule has 0 unspecified atom stereocenters. The first-order chi connectivity index (χ1) is 21.8. The maximum Gasteiger partial charge on any atom is 0.182 e. The number of furan rings is 1. The molecule has 206 valence electrons. The fourth-order valence-corrected chi connectivity index (χ4v) is 6.15. The normalized spacial score (nSPS) is 11.6. The molecule has 0 amide bonds. The summed E-state index contributed by atoms with van der Waals surface area (Å²) in [5.41, 5.74) is 7.18. The molecular weight excluding hydrogens is 542 g/mol. The van der Waals surface area contributed by atoms with Crippen molar-refractivity contribution in [1.29, 1.82) is 0 Å². The van der Waals surface area contributed by atoms with Gasteiger partial charge >= 0.3 is 0 Å². The molecule has 0 fully saturated rings. The van der Waals surface area contributed by atoms with Gasteiger partial charge in [-0.05, 0) is 42.5 Å². The van der Waals surface area contributed by atoms with Gasteiger partial charge in [-0.1, -0.05) is 91.0 Å². The van der Waals surface area contributed by atoms with E-state index in [-0.39, 0.29) is 0 Å². The molecule has 6 heteroatoms. The van der Waals surface area contributed by atoms with Crippen molar-refractivity contribution in [2.24, 2.45) is 0 Å². The molecule has 0 bridgehead atoms. The van der Waals surface area contributed by atoms with Gasteiger partial charge in [-0.15, -0.1) is 0 Å². The summed E-state index contributed by atoms with van der Waals surface area (Å²) in [5, 5.41) is 4.36. The average Bonchev–Trinajstić information content (AvgIpc) is 3.65. The molecular formula is C38H23N5O. The van der Waals surface area contributed by atoms with Crippen LogP contribution < -0.4 is 0 Å². The molecule has 6 nitrogen and oxygen atoms in total. The second-order valence-corrected chi connectivity index (χ2v) is 10.7. The molecule has 9 aromatic rings. The number of rotatable bonds is 4. The predicted molar refractivity (Wildman–Crippen MR) is 176 cm³/mol. The predicted octanol–water partition coefficient (Wildman–Crippen LogP) is 9.26. The van der Waals surface area contributed by atoms with Crippen molar-refractivity contribution < 1.29 is 4.42 Å². The van der Waals surface area contributed by atoms with Crippen LogP contribution in [0, 0.1) is 0 Å². The minimum Gasteiger partial charge on any atom is -0.453 e. The molecule has 4 heterocycles. The SMILES string of the molecule is c1ccc(-c2nc(-c3ccccn3)nc(-c3cccc4c3oc3c4ccc4c5ccccc5n(-c5ccccc5)c43)n2)cc1. The van der Waals surface area contributed by atoms with Crippen molar-refractivity contribution in [2.45, 2.75) is 0 Å². The van der Waals surface area contributed by atoms with E-state index in [1.54, 1.807) is 6.20 Å². The zero-order chi connectivity index (χ0) is 29.0. The van der Waals surface area contributed by atoms with Gasteiger partial charge in [0.05, 0.1) is 16.6 Å². The van der Waals surface area contributed by atoms with Gasteiger partial charge in [0.25, 0.3) is 0 Å². The Kier molecular flexibility index (Phi) is 5.40. The summed E-state index contributed by atoms with van der Waals surface area (Å²) in [4.78, 5) is 19.2. The molecule has 0 saturated heterocycles. The fraction of sp³-hybridized carbons (Fsp3) is 0. The Labute approximate surface area is 251 Å². The van der Waals surface area contributed by atoms with Gasteiger partial charge in [-0.25, -0.2) is 15.0 Å². The Hall–Kier alpha value is -6.14. The molecule has 0 spiro atoms. The van der Waals surface area contributed by atoms with Crippen LogP contribution in [0.4, 0.5) is 0 Å². The zero-order valence-corrected chi connectivity index (χ0v) is 23.4. The Morgan fingerprint density at radius 3 is 2.00 bits per heavy atom. The van der Waals surface area contributed by atoms with Crippen molar-refractivity contribution in [3.05, 3.63) is 140 Å². The van der Waals surface area contributed by atoms with Crippen molar-refractivity contribution in [3.8, 4) is 40.0 Å². The van der Waals surface area contributed by atoms with E-state index in [0.29, 0.717) is 23.2 Å². The molecule has 0 radical (unpaired) electrons. The molecule has 4 aromatic heterocycles. The smallest absolute Gasteiger partial charge is 0.182 e. The molecule has 0 N–H and O–H groups in total. The number of para-hydroxylation sites is 3. The highest BCUT2D eigenvalue weighted by Crippen LogP contribution is 2.42. The third kappa shape index (κ3) is 3.75. The standard InChI is InChI=1S/C38H23N5O/c1-3-12-24(13-4-1)36-40-37(42-38(41-36)31-19-9-10-23-39-31)30-18-11-17-28-29-22-21-27-26-16-7-8-20-32(26)43(25-14-5-2-6-15-25)33(27)35(29)44-34(28)30/h1-23H. The summed E-state index contributed by atoms with van der Waals surface area (Å²) in [5.74, 6) is 1.62. The van der Waals surface area contributed by atoms with Gasteiger partial charge in [0, 0.05) is 39.0 Å². The van der Waals surface area contributed by atoms with Gasteiger partial charge in [-0.3, -0.25) is 4.98 Å². The lowest BCUT2D eigenvalue weighted by molar-refractivity contribution is 0.671. The van der Waals surface area contributed by atoms with E-state index in [0.717, 1.165) is 55.2 Å². The van der Waals surface area contributed by atoms with E-state index in [2.05, 4.69) is 76.3 Å². The Bertz CT molecular complexity index is 2430. The van der Waals surface area contributed by atoms with E-state index in [9.17, 15) is 0 Å². The highest BCUT2D eigenvalue weighted by Gasteiger charge is 2.22. The first-order valence-electron chi connectivity index (χ1n) is 14.5. The Morgan fingerprint density at radius 2 is 1.16 bits per heavy atom. The number of fused-ring (bicyclic) bond motifs is 7. The first-order valence-corrected chi connectivity index (χ1v) is 14.5. The lowest BCUT2D eigenvalue weighted by Crippen LogP contribution is -2.01. The number of benzene rings is 5. The summed E-state index contributed by atoms with van der Waals surface area (Å²) in [7, 11) is 0. The first kappa shape index (κ1) is 24.5. The maximum absolute atomic E-state index is 6.90. The monoisotopic (exact) mass is 565 g/mol. The summed E-state index contributed by atoms with van der Waals surface area (Å²) in [6.45, 7) is 0. The topological polar surface area (TPSA) is 69.6 Å². The number of pyridine rings is 1. The van der Waals surface area contributed by atoms with Gasteiger partial charge in [-0.2, -0.15) is 0 Å². The van der Waals surface area contributed by atoms with Crippen LogP contribution in [0.3, 0.4) is 0 Å². The summed E-state index contributed by atoms with van der Waals surface area (Å²) in [6, 6.07) is 45.1. The molecule has 0 atom stereocenters. The minimum absolute atomic E-state index is 0.508. The lowest BCUT2D eigenvalue weighted by atomic mass is 10.1. The summed E-state index contributed by atoms with van der Waals surface area (Å²) >= 11 is 0. The largest absolute Gasteiger partial charge is 0.453 e. The van der Waals surface area contributed by atoms with E-state index >= 15 is 0 Å². The van der Waals surface area contributed by atoms with E-state index in [1.807, 2.05) is 66.7 Å². The van der Waals surface area contributed by atoms with Gasteiger partial charge < -0.3 is 8.98 Å². The van der Waals surface area contributed by atoms with Crippen molar-refractivity contribution >= 4 is 43.7 Å². The second kappa shape index (κ2) is 9.71. The van der Waals surface area contributed by atoms with Crippen LogP contribution in [0.25, 0.3) is 83.7 Å². The highest BCUT2D eigenvalue weighted by atomic mass is 16.3. The zero-order valence-electron chi connectivity index (χ0n) is 23.4. The minimum atomic E-state index is 0.508. The molecule has 0 aliphatic carbocycles. The van der Waals surface area contributed by atoms with Crippen LogP contribution in [0.15, 0.2) is 144 Å². The van der Waals surface area contributed by atoms with Crippen LogP contribution in [0.2, 0.25) is 0 Å². The molecule has 9 rings (SSSR count). The average molecular weight is 566 g/mol. The maximum atomic E-state index is 6.90. The third-order valence-corrected chi connectivity index (χ3v) is 8.12. The van der Waals surface area contributed by atoms with E-state index in [4.69, 9.17) is 19.4 Å². The Morgan fingerprint density at radius 1 is 0.477 bits per heavy atom. The number of hydrogen-bond acceptors (Lipinski definition) is 5. The Balaban J connectivity index is 1.35.